The molecular formula is C30H50O. The van der Waals surface area contributed by atoms with Crippen molar-refractivity contribution in [2.45, 2.75) is 126 Å². The van der Waals surface area contributed by atoms with Crippen LogP contribution in [0.3, 0.4) is 0 Å². The van der Waals surface area contributed by atoms with Crippen molar-refractivity contribution in [2.24, 2.45) is 39.4 Å². The number of hydrogen-bond donors (Lipinski definition) is 1. The topological polar surface area (TPSA) is 20.2 Å². The van der Waals surface area contributed by atoms with Crippen LogP contribution in [-0.4, -0.2) is 11.2 Å². The number of hydrogen-bond acceptors (Lipinski definition) is 1. The first-order valence-electron chi connectivity index (χ1n) is 13.4. The van der Waals surface area contributed by atoms with Gasteiger partial charge < -0.3 is 5.11 Å². The number of aliphatic hydroxyl groups excluding tert-OH is 1. The van der Waals surface area contributed by atoms with Gasteiger partial charge in [-0.3, -0.25) is 0 Å². The monoisotopic (exact) mass is 426 g/mol. The molecule has 1 N–H and O–H groups in total. The summed E-state index contributed by atoms with van der Waals surface area (Å²) in [6.07, 6.45) is 15.2. The molecule has 176 valence electrons. The van der Waals surface area contributed by atoms with Crippen LogP contribution in [-0.2, 0) is 0 Å². The van der Waals surface area contributed by atoms with Gasteiger partial charge in [-0.25, -0.2) is 0 Å². The van der Waals surface area contributed by atoms with Gasteiger partial charge in [0.2, 0.25) is 0 Å². The van der Waals surface area contributed by atoms with Crippen LogP contribution < -0.4 is 0 Å². The molecule has 0 bridgehead atoms. The van der Waals surface area contributed by atoms with Crippen LogP contribution in [0.1, 0.15) is 120 Å². The quantitative estimate of drug-likeness (QED) is 0.447. The van der Waals surface area contributed by atoms with Gasteiger partial charge >= 0.3 is 0 Å². The molecule has 2 saturated carbocycles. The van der Waals surface area contributed by atoms with Crippen molar-refractivity contribution in [3.63, 3.8) is 0 Å². The highest BCUT2D eigenvalue weighted by atomic mass is 16.3. The lowest BCUT2D eigenvalue weighted by Crippen LogP contribution is -2.55. The van der Waals surface area contributed by atoms with Gasteiger partial charge in [-0.2, -0.15) is 0 Å². The molecule has 2 fully saturated rings. The van der Waals surface area contributed by atoms with Crippen LogP contribution in [0, 0.1) is 39.4 Å². The van der Waals surface area contributed by atoms with E-state index in [4.69, 9.17) is 0 Å². The zero-order chi connectivity index (χ0) is 22.8. The van der Waals surface area contributed by atoms with Gasteiger partial charge in [0.05, 0.1) is 6.10 Å². The minimum Gasteiger partial charge on any atom is -0.393 e. The van der Waals surface area contributed by atoms with Crippen LogP contribution in [0.15, 0.2) is 22.8 Å². The number of allylic oxidation sites excluding steroid dienone is 4. The lowest BCUT2D eigenvalue weighted by molar-refractivity contribution is -0.0962. The first kappa shape index (κ1) is 23.6. The van der Waals surface area contributed by atoms with Crippen molar-refractivity contribution >= 4 is 0 Å². The molecule has 4 aliphatic carbocycles. The summed E-state index contributed by atoms with van der Waals surface area (Å²) in [6, 6.07) is 0. The highest BCUT2D eigenvalue weighted by molar-refractivity contribution is 5.38. The fourth-order valence-electron chi connectivity index (χ4n) is 9.47. The smallest absolute Gasteiger partial charge is 0.0594 e. The Hall–Kier alpha value is -0.560. The normalized spacial score (nSPS) is 44.9. The first-order valence-corrected chi connectivity index (χ1v) is 13.4. The Morgan fingerprint density at radius 2 is 1.68 bits per heavy atom. The van der Waals surface area contributed by atoms with Crippen molar-refractivity contribution in [2.75, 3.05) is 0 Å². The molecule has 7 atom stereocenters. The van der Waals surface area contributed by atoms with Crippen LogP contribution in [0.5, 0.6) is 0 Å². The zero-order valence-electron chi connectivity index (χ0n) is 21.9. The Morgan fingerprint density at radius 1 is 0.968 bits per heavy atom. The molecule has 0 aromatic carbocycles. The third-order valence-electron chi connectivity index (χ3n) is 11.7. The third kappa shape index (κ3) is 3.34. The van der Waals surface area contributed by atoms with E-state index in [0.29, 0.717) is 22.2 Å². The molecule has 0 saturated heterocycles. The average molecular weight is 427 g/mol. The molecule has 1 nitrogen and oxygen atoms in total. The zero-order valence-corrected chi connectivity index (χ0v) is 21.9. The van der Waals surface area contributed by atoms with Crippen molar-refractivity contribution in [1.82, 2.24) is 0 Å². The predicted octanol–water partition coefficient (Wildman–Crippen LogP) is 8.48. The molecule has 4 aliphatic rings. The van der Waals surface area contributed by atoms with Crippen LogP contribution in [0.25, 0.3) is 0 Å². The molecule has 0 unspecified atom stereocenters. The number of fused-ring (bicyclic) bond motifs is 4. The lowest BCUT2D eigenvalue weighted by atomic mass is 9.43. The lowest BCUT2D eigenvalue weighted by Gasteiger charge is -2.62. The van der Waals surface area contributed by atoms with Gasteiger partial charge in [0, 0.05) is 0 Å². The summed E-state index contributed by atoms with van der Waals surface area (Å²) in [6.45, 7) is 19.6. The summed E-state index contributed by atoms with van der Waals surface area (Å²) in [5.74, 6) is 2.32. The van der Waals surface area contributed by atoms with Crippen molar-refractivity contribution < 1.29 is 5.11 Å². The largest absolute Gasteiger partial charge is 0.393 e. The summed E-state index contributed by atoms with van der Waals surface area (Å²) in [7, 11) is 0. The Morgan fingerprint density at radius 3 is 2.35 bits per heavy atom. The minimum absolute atomic E-state index is 0.0465. The second-order valence-electron chi connectivity index (χ2n) is 13.6. The molecule has 0 aromatic rings. The van der Waals surface area contributed by atoms with Gasteiger partial charge in [0.1, 0.15) is 0 Å². The molecule has 0 amide bonds. The Bertz CT molecular complexity index is 767. The SMILES string of the molecule is CC(C)=CCC[C@@H](C)[C@@H]1CC[C@]2(C)C3=C(CC[C@@]12C)[C@@]1(C)CC[C@H](O)C(C)(C)[C@H]1CC3. The van der Waals surface area contributed by atoms with Crippen molar-refractivity contribution in [3.05, 3.63) is 22.8 Å². The number of rotatable bonds is 4. The van der Waals surface area contributed by atoms with Crippen LogP contribution in [0.4, 0.5) is 0 Å². The molecule has 1 heteroatoms. The summed E-state index contributed by atoms with van der Waals surface area (Å²) in [5, 5.41) is 10.8. The van der Waals surface area contributed by atoms with E-state index in [2.05, 4.69) is 61.5 Å². The molecule has 0 radical (unpaired) electrons. The third-order valence-corrected chi connectivity index (χ3v) is 11.7. The maximum Gasteiger partial charge on any atom is 0.0594 e. The van der Waals surface area contributed by atoms with Gasteiger partial charge in [0.15, 0.2) is 0 Å². The Kier molecular flexibility index (Phi) is 5.90. The van der Waals surface area contributed by atoms with E-state index in [1.807, 2.05) is 11.1 Å². The van der Waals surface area contributed by atoms with Crippen molar-refractivity contribution in [3.8, 4) is 0 Å². The van der Waals surface area contributed by atoms with E-state index in [1.165, 1.54) is 63.4 Å². The second-order valence-corrected chi connectivity index (χ2v) is 13.6. The maximum absolute atomic E-state index is 10.8. The first-order chi connectivity index (χ1) is 14.4. The van der Waals surface area contributed by atoms with Crippen molar-refractivity contribution in [1.29, 1.82) is 0 Å². The summed E-state index contributed by atoms with van der Waals surface area (Å²) in [5.41, 5.74) is 6.41. The van der Waals surface area contributed by atoms with E-state index < -0.39 is 0 Å². The number of aliphatic hydroxyl groups is 1. The van der Waals surface area contributed by atoms with Gasteiger partial charge in [-0.1, -0.05) is 64.3 Å². The molecule has 0 spiro atoms. The highest BCUT2D eigenvalue weighted by Gasteiger charge is 2.63. The van der Waals surface area contributed by atoms with Crippen LogP contribution in [0.2, 0.25) is 0 Å². The van der Waals surface area contributed by atoms with Gasteiger partial charge in [-0.15, -0.1) is 0 Å². The van der Waals surface area contributed by atoms with E-state index in [1.54, 1.807) is 0 Å². The average Bonchev–Trinajstić information content (AvgIpc) is 2.96. The highest BCUT2D eigenvalue weighted by Crippen LogP contribution is 2.72. The molecule has 31 heavy (non-hydrogen) atoms. The van der Waals surface area contributed by atoms with E-state index in [0.717, 1.165) is 18.3 Å². The Labute approximate surface area is 193 Å². The molecule has 0 aliphatic heterocycles. The van der Waals surface area contributed by atoms with Gasteiger partial charge in [0.25, 0.3) is 0 Å². The van der Waals surface area contributed by atoms with Crippen LogP contribution >= 0.6 is 0 Å². The van der Waals surface area contributed by atoms with E-state index in [-0.39, 0.29) is 11.5 Å². The molecule has 4 rings (SSSR count). The summed E-state index contributed by atoms with van der Waals surface area (Å²) >= 11 is 0. The molecular weight excluding hydrogens is 376 g/mol. The standard InChI is InChI=1S/C30H50O/c1-20(2)10-9-11-21(3)22-14-18-30(8)24-12-13-25-27(4,5)26(31)16-17-28(25,6)23(24)15-19-29(22,30)7/h10,21-22,25-26,31H,9,11-19H2,1-8H3/t21-,22+,25-,26+,28-,29+,30-/m1/s1. The minimum atomic E-state index is -0.130. The molecule has 0 heterocycles. The fourth-order valence-corrected chi connectivity index (χ4v) is 9.47. The Balaban J connectivity index is 1.65. The molecule has 0 aromatic heterocycles. The second kappa shape index (κ2) is 7.75. The van der Waals surface area contributed by atoms with E-state index >= 15 is 0 Å². The maximum atomic E-state index is 10.8. The fraction of sp³-hybridized carbons (Fsp3) is 0.867. The van der Waals surface area contributed by atoms with E-state index in [9.17, 15) is 5.11 Å². The van der Waals surface area contributed by atoms with Gasteiger partial charge in [-0.05, 0) is 117 Å². The summed E-state index contributed by atoms with van der Waals surface area (Å²) in [4.78, 5) is 0. The summed E-state index contributed by atoms with van der Waals surface area (Å²) < 4.78 is 0. The predicted molar refractivity (Wildman–Crippen MR) is 133 cm³/mol.